The number of hydrogen-bond acceptors (Lipinski definition) is 6. The number of nitrogens with two attached hydrogens (primary N) is 1. The third-order valence-electron chi connectivity index (χ3n) is 6.29. The molecular weight excluding hydrogens is 471 g/mol. The monoisotopic (exact) mass is 498 g/mol. The van der Waals surface area contributed by atoms with Crippen LogP contribution in [0.15, 0.2) is 71.5 Å². The van der Waals surface area contributed by atoms with Gasteiger partial charge in [-0.1, -0.05) is 49.2 Å². The number of unbranched alkanes of at least 4 members (excludes halogenated alkanes) is 3. The number of carbonyl (C=O) groups is 1. The van der Waals surface area contributed by atoms with Crippen LogP contribution in [0.2, 0.25) is 0 Å². The molecule has 0 saturated heterocycles. The zero-order chi connectivity index (χ0) is 25.8. The van der Waals surface area contributed by atoms with Gasteiger partial charge >= 0.3 is 0 Å². The van der Waals surface area contributed by atoms with E-state index in [1.165, 1.54) is 22.7 Å². The van der Waals surface area contributed by atoms with Crippen molar-refractivity contribution < 1.29 is 9.18 Å². The second-order valence-electron chi connectivity index (χ2n) is 8.93. The summed E-state index contributed by atoms with van der Waals surface area (Å²) in [5, 5.41) is 12.5. The Bertz CT molecular complexity index is 1670. The fourth-order valence-electron chi connectivity index (χ4n) is 4.38. The number of para-hydroxylation sites is 2. The number of benzene rings is 3. The van der Waals surface area contributed by atoms with Crippen LogP contribution in [0.1, 0.15) is 32.1 Å². The van der Waals surface area contributed by atoms with Gasteiger partial charge in [0.25, 0.3) is 5.56 Å². The Labute approximate surface area is 212 Å². The predicted molar refractivity (Wildman–Crippen MR) is 145 cm³/mol. The van der Waals surface area contributed by atoms with Crippen LogP contribution < -0.4 is 21.9 Å². The lowest BCUT2D eigenvalue weighted by molar-refractivity contribution is -0.116. The molecule has 0 aliphatic heterocycles. The van der Waals surface area contributed by atoms with Crippen molar-refractivity contribution in [2.45, 2.75) is 32.1 Å². The van der Waals surface area contributed by atoms with Gasteiger partial charge in [0.15, 0.2) is 11.5 Å². The normalized spacial score (nSPS) is 11.3. The van der Waals surface area contributed by atoms with Gasteiger partial charge in [-0.15, -0.1) is 5.10 Å². The molecule has 0 saturated carbocycles. The SMILES string of the molecule is Nc1ccccc1NC(=O)CCCCCCNc1nn2c(=O)c3cc(F)ccc3nc2c2ccccc12. The molecule has 2 heterocycles. The van der Waals surface area contributed by atoms with Crippen LogP contribution >= 0.6 is 0 Å². The van der Waals surface area contributed by atoms with Gasteiger partial charge in [0.05, 0.1) is 22.3 Å². The van der Waals surface area contributed by atoms with Gasteiger partial charge < -0.3 is 16.4 Å². The summed E-state index contributed by atoms with van der Waals surface area (Å²) < 4.78 is 15.0. The van der Waals surface area contributed by atoms with Crippen LogP contribution in [0.5, 0.6) is 0 Å². The zero-order valence-corrected chi connectivity index (χ0v) is 20.2. The maximum Gasteiger partial charge on any atom is 0.282 e. The Kier molecular flexibility index (Phi) is 6.93. The Morgan fingerprint density at radius 3 is 2.51 bits per heavy atom. The number of hydrogen-bond donors (Lipinski definition) is 3. The molecule has 1 amide bonds. The van der Waals surface area contributed by atoms with Gasteiger partial charge in [0.1, 0.15) is 5.82 Å². The van der Waals surface area contributed by atoms with Gasteiger partial charge in [0, 0.05) is 23.7 Å². The van der Waals surface area contributed by atoms with E-state index in [-0.39, 0.29) is 11.3 Å². The molecule has 5 rings (SSSR count). The highest BCUT2D eigenvalue weighted by Crippen LogP contribution is 2.25. The van der Waals surface area contributed by atoms with Gasteiger partial charge in [-0.05, 0) is 43.2 Å². The molecule has 37 heavy (non-hydrogen) atoms. The van der Waals surface area contributed by atoms with E-state index >= 15 is 0 Å². The summed E-state index contributed by atoms with van der Waals surface area (Å²) in [6.45, 7) is 0.652. The summed E-state index contributed by atoms with van der Waals surface area (Å²) in [6.07, 6.45) is 3.93. The van der Waals surface area contributed by atoms with Crippen molar-refractivity contribution in [1.29, 1.82) is 0 Å². The first kappa shape index (κ1) is 24.2. The number of rotatable bonds is 9. The molecule has 4 N–H and O–H groups in total. The number of carbonyl (C=O) groups excluding carboxylic acids is 1. The van der Waals surface area contributed by atoms with Crippen molar-refractivity contribution in [3.63, 3.8) is 0 Å². The first-order valence-electron chi connectivity index (χ1n) is 12.3. The van der Waals surface area contributed by atoms with E-state index in [0.717, 1.165) is 36.5 Å². The lowest BCUT2D eigenvalue weighted by Crippen LogP contribution is -2.20. The quantitative estimate of drug-likeness (QED) is 0.113. The second kappa shape index (κ2) is 10.6. The highest BCUT2D eigenvalue weighted by molar-refractivity contribution is 6.01. The van der Waals surface area contributed by atoms with E-state index in [4.69, 9.17) is 5.73 Å². The Balaban J connectivity index is 1.21. The molecule has 0 unspecified atom stereocenters. The standard InChI is InChI=1S/C28H27FN6O2/c29-18-14-15-23-21(17-18)28(37)35-27(33-23)20-10-5-4-9-19(20)26(34-35)31-16-8-2-1-3-13-25(36)32-24-12-7-6-11-22(24)30/h4-7,9-12,14-15,17H,1-3,8,13,16,30H2,(H,31,34)(H,32,36). The Morgan fingerprint density at radius 2 is 1.68 bits per heavy atom. The number of nitrogen functional groups attached to an aromatic ring is 1. The minimum absolute atomic E-state index is 0.0469. The lowest BCUT2D eigenvalue weighted by Gasteiger charge is -2.12. The molecule has 0 fully saturated rings. The third kappa shape index (κ3) is 5.20. The average Bonchev–Trinajstić information content (AvgIpc) is 2.90. The largest absolute Gasteiger partial charge is 0.397 e. The average molecular weight is 499 g/mol. The molecule has 0 radical (unpaired) electrons. The first-order chi connectivity index (χ1) is 18.0. The number of fused-ring (bicyclic) bond motifs is 4. The maximum atomic E-state index is 13.8. The fraction of sp³-hybridized carbons (Fsp3) is 0.214. The molecule has 0 spiro atoms. The summed E-state index contributed by atoms with van der Waals surface area (Å²) in [5.41, 5.74) is 7.50. The zero-order valence-electron chi connectivity index (χ0n) is 20.2. The van der Waals surface area contributed by atoms with Crippen LogP contribution in [0.4, 0.5) is 21.6 Å². The highest BCUT2D eigenvalue weighted by atomic mass is 19.1. The number of nitrogens with one attached hydrogen (secondary N) is 2. The summed E-state index contributed by atoms with van der Waals surface area (Å²) >= 11 is 0. The molecule has 0 aliphatic rings. The minimum atomic E-state index is -0.493. The Morgan fingerprint density at radius 1 is 0.919 bits per heavy atom. The van der Waals surface area contributed by atoms with Crippen molar-refractivity contribution in [2.75, 3.05) is 22.9 Å². The summed E-state index contributed by atoms with van der Waals surface area (Å²) in [5.74, 6) is 0.0315. The molecule has 0 bridgehead atoms. The van der Waals surface area contributed by atoms with E-state index in [0.29, 0.717) is 41.3 Å². The van der Waals surface area contributed by atoms with Crippen molar-refractivity contribution in [3.05, 3.63) is 82.9 Å². The first-order valence-corrected chi connectivity index (χ1v) is 12.3. The molecule has 0 aliphatic carbocycles. The molecule has 9 heteroatoms. The van der Waals surface area contributed by atoms with Gasteiger partial charge in [-0.2, -0.15) is 4.52 Å². The van der Waals surface area contributed by atoms with Gasteiger partial charge in [0.2, 0.25) is 5.91 Å². The number of halogens is 1. The maximum absolute atomic E-state index is 13.8. The van der Waals surface area contributed by atoms with E-state index in [1.807, 2.05) is 36.4 Å². The van der Waals surface area contributed by atoms with Crippen LogP contribution in [0, 0.1) is 5.82 Å². The molecule has 8 nitrogen and oxygen atoms in total. The van der Waals surface area contributed by atoms with Gasteiger partial charge in [-0.25, -0.2) is 9.37 Å². The van der Waals surface area contributed by atoms with E-state index in [9.17, 15) is 14.0 Å². The Hall–Kier alpha value is -4.53. The number of anilines is 3. The summed E-state index contributed by atoms with van der Waals surface area (Å²) in [4.78, 5) is 29.8. The number of amides is 1. The molecular formula is C28H27FN6O2. The summed E-state index contributed by atoms with van der Waals surface area (Å²) in [6, 6.07) is 18.8. The smallest absolute Gasteiger partial charge is 0.282 e. The molecule has 188 valence electrons. The van der Waals surface area contributed by atoms with Gasteiger partial charge in [-0.3, -0.25) is 9.59 Å². The van der Waals surface area contributed by atoms with E-state index in [2.05, 4.69) is 20.7 Å². The van der Waals surface area contributed by atoms with Crippen LogP contribution in [-0.2, 0) is 4.79 Å². The fourth-order valence-corrected chi connectivity index (χ4v) is 4.38. The molecule has 2 aromatic heterocycles. The minimum Gasteiger partial charge on any atom is -0.397 e. The highest BCUT2D eigenvalue weighted by Gasteiger charge is 2.14. The number of nitrogens with zero attached hydrogens (tertiary/aromatic N) is 3. The number of aromatic nitrogens is 3. The van der Waals surface area contributed by atoms with Crippen molar-refractivity contribution >= 4 is 50.4 Å². The van der Waals surface area contributed by atoms with Crippen LogP contribution in [0.25, 0.3) is 27.3 Å². The summed E-state index contributed by atoms with van der Waals surface area (Å²) in [7, 11) is 0. The molecule has 5 aromatic rings. The van der Waals surface area contributed by atoms with Crippen LogP contribution in [-0.4, -0.2) is 27.0 Å². The van der Waals surface area contributed by atoms with E-state index in [1.54, 1.807) is 12.1 Å². The lowest BCUT2D eigenvalue weighted by atomic mass is 10.1. The van der Waals surface area contributed by atoms with Crippen LogP contribution in [0.3, 0.4) is 0 Å². The van der Waals surface area contributed by atoms with E-state index < -0.39 is 11.4 Å². The van der Waals surface area contributed by atoms with Crippen molar-refractivity contribution in [1.82, 2.24) is 14.6 Å². The third-order valence-corrected chi connectivity index (χ3v) is 6.29. The molecule has 3 aromatic carbocycles. The predicted octanol–water partition coefficient (Wildman–Crippen LogP) is 5.12. The topological polar surface area (TPSA) is 114 Å². The van der Waals surface area contributed by atoms with Crippen molar-refractivity contribution in [3.8, 4) is 0 Å². The van der Waals surface area contributed by atoms with Crippen molar-refractivity contribution in [2.24, 2.45) is 0 Å². The molecule has 0 atom stereocenters. The second-order valence-corrected chi connectivity index (χ2v) is 8.93.